The number of benzene rings is 1. The molecule has 1 amide bonds. The van der Waals surface area contributed by atoms with Gasteiger partial charge in [0.25, 0.3) is 0 Å². The Labute approximate surface area is 173 Å². The molecule has 1 aromatic carbocycles. The number of nitrogens with one attached hydrogen (secondary N) is 2. The second-order valence-electron chi connectivity index (χ2n) is 7.77. The molecule has 3 aliphatic rings. The van der Waals surface area contributed by atoms with E-state index in [9.17, 15) is 9.28 Å². The minimum Gasteiger partial charge on any atom is -0.329 e. The molecular weight excluding hydrogens is 383 g/mol. The zero-order valence-electron chi connectivity index (χ0n) is 16.7. The van der Waals surface area contributed by atoms with Crippen LogP contribution in [0.2, 0.25) is 0 Å². The Balaban J connectivity index is 1.73. The van der Waals surface area contributed by atoms with Gasteiger partial charge in [0.15, 0.2) is 0 Å². The van der Waals surface area contributed by atoms with Gasteiger partial charge in [0, 0.05) is 36.9 Å². The summed E-state index contributed by atoms with van der Waals surface area (Å²) in [5.41, 5.74) is 6.92. The SMILES string of the molecule is CCCn1ncnc1C1C2=CNC(=O)C=C3C2=C(CNN3F)CC1c1ccccc1. The molecule has 0 saturated heterocycles. The number of hydrogen-bond acceptors (Lipinski definition) is 5. The van der Waals surface area contributed by atoms with Crippen LogP contribution in [-0.4, -0.2) is 32.4 Å². The number of nitrogens with zero attached hydrogens (tertiary/aromatic N) is 4. The highest BCUT2D eigenvalue weighted by molar-refractivity contribution is 5.91. The van der Waals surface area contributed by atoms with E-state index in [1.54, 1.807) is 12.5 Å². The number of allylic oxidation sites excluding steroid dienone is 1. The van der Waals surface area contributed by atoms with Crippen molar-refractivity contribution < 1.29 is 9.28 Å². The van der Waals surface area contributed by atoms with Crippen molar-refractivity contribution in [2.45, 2.75) is 38.1 Å². The Morgan fingerprint density at radius 3 is 2.90 bits per heavy atom. The molecule has 8 heteroatoms. The van der Waals surface area contributed by atoms with Crippen molar-refractivity contribution in [2.24, 2.45) is 0 Å². The van der Waals surface area contributed by atoms with Crippen LogP contribution in [0.1, 0.15) is 43.0 Å². The van der Waals surface area contributed by atoms with Gasteiger partial charge in [0.05, 0.1) is 5.92 Å². The van der Waals surface area contributed by atoms with Crippen LogP contribution in [0.25, 0.3) is 0 Å². The molecule has 2 unspecified atom stereocenters. The summed E-state index contributed by atoms with van der Waals surface area (Å²) in [5, 5.41) is 7.69. The number of rotatable bonds is 4. The Kier molecular flexibility index (Phi) is 4.71. The average Bonchev–Trinajstić information content (AvgIpc) is 3.14. The quantitative estimate of drug-likeness (QED) is 0.764. The number of aryl methyl sites for hydroxylation is 1. The predicted octanol–water partition coefficient (Wildman–Crippen LogP) is 2.86. The molecule has 2 atom stereocenters. The van der Waals surface area contributed by atoms with Gasteiger partial charge in [0.2, 0.25) is 5.91 Å². The molecule has 0 saturated carbocycles. The zero-order chi connectivity index (χ0) is 20.7. The van der Waals surface area contributed by atoms with Gasteiger partial charge >= 0.3 is 0 Å². The topological polar surface area (TPSA) is 75.1 Å². The van der Waals surface area contributed by atoms with E-state index in [4.69, 9.17) is 0 Å². The summed E-state index contributed by atoms with van der Waals surface area (Å²) in [5.74, 6) is 0.423. The smallest absolute Gasteiger partial charge is 0.250 e. The van der Waals surface area contributed by atoms with Crippen LogP contribution in [-0.2, 0) is 11.3 Å². The summed E-state index contributed by atoms with van der Waals surface area (Å²) in [7, 11) is 0. The maximum Gasteiger partial charge on any atom is 0.250 e. The van der Waals surface area contributed by atoms with Crippen molar-refractivity contribution >= 4 is 5.91 Å². The molecule has 2 aliphatic heterocycles. The van der Waals surface area contributed by atoms with Crippen LogP contribution in [0.4, 0.5) is 4.48 Å². The Hall–Kier alpha value is -3.26. The highest BCUT2D eigenvalue weighted by Gasteiger charge is 2.43. The highest BCUT2D eigenvalue weighted by Crippen LogP contribution is 2.51. The lowest BCUT2D eigenvalue weighted by atomic mass is 9.68. The Morgan fingerprint density at radius 2 is 2.10 bits per heavy atom. The number of amides is 1. The summed E-state index contributed by atoms with van der Waals surface area (Å²) < 4.78 is 16.6. The molecule has 30 heavy (non-hydrogen) atoms. The first-order valence-corrected chi connectivity index (χ1v) is 10.2. The minimum atomic E-state index is -0.352. The van der Waals surface area contributed by atoms with Crippen LogP contribution in [0.5, 0.6) is 0 Å². The van der Waals surface area contributed by atoms with Crippen LogP contribution in [0.15, 0.2) is 71.4 Å². The predicted molar refractivity (Wildman–Crippen MR) is 109 cm³/mol. The Bertz CT molecular complexity index is 1070. The molecule has 0 bridgehead atoms. The molecule has 1 aromatic heterocycles. The molecule has 0 fully saturated rings. The van der Waals surface area contributed by atoms with Crippen molar-refractivity contribution in [1.29, 1.82) is 0 Å². The normalized spacial score (nSPS) is 23.4. The van der Waals surface area contributed by atoms with Crippen molar-refractivity contribution in [3.8, 4) is 0 Å². The fourth-order valence-corrected chi connectivity index (χ4v) is 4.73. The van der Waals surface area contributed by atoms with E-state index < -0.39 is 0 Å². The van der Waals surface area contributed by atoms with Crippen molar-refractivity contribution in [1.82, 2.24) is 30.7 Å². The van der Waals surface area contributed by atoms with Gasteiger partial charge in [-0.15, -0.1) is 5.23 Å². The van der Waals surface area contributed by atoms with E-state index in [1.807, 2.05) is 22.9 Å². The van der Waals surface area contributed by atoms with Gasteiger partial charge in [-0.25, -0.2) is 15.1 Å². The standard InChI is InChI=1S/C22H23FN6O/c1-2-8-28-22(25-13-27-28)21-16(14-6-4-3-5-7-14)9-15-11-26-29(23)18-10-19(30)24-12-17(21)20(15)18/h3-7,10,12-13,16,21,26H,2,8-9,11H2,1H3,(H,24,30). The van der Waals surface area contributed by atoms with Crippen LogP contribution in [0, 0.1) is 0 Å². The lowest BCUT2D eigenvalue weighted by Gasteiger charge is -2.40. The Morgan fingerprint density at radius 1 is 1.27 bits per heavy atom. The van der Waals surface area contributed by atoms with E-state index in [-0.39, 0.29) is 23.4 Å². The molecule has 2 N–H and O–H groups in total. The van der Waals surface area contributed by atoms with Crippen molar-refractivity contribution in [3.63, 3.8) is 0 Å². The summed E-state index contributed by atoms with van der Waals surface area (Å²) in [4.78, 5) is 16.9. The molecule has 3 heterocycles. The third-order valence-electron chi connectivity index (χ3n) is 5.97. The van der Waals surface area contributed by atoms with Crippen molar-refractivity contribution in [2.75, 3.05) is 6.54 Å². The lowest BCUT2D eigenvalue weighted by Crippen LogP contribution is -2.41. The van der Waals surface area contributed by atoms with Gasteiger partial charge in [-0.1, -0.05) is 41.7 Å². The van der Waals surface area contributed by atoms with Crippen LogP contribution in [0.3, 0.4) is 0 Å². The molecule has 2 aromatic rings. The van der Waals surface area contributed by atoms with E-state index in [1.165, 1.54) is 11.6 Å². The number of halogens is 1. The van der Waals surface area contributed by atoms with E-state index in [0.29, 0.717) is 11.8 Å². The fraction of sp³-hybridized carbons (Fsp3) is 0.318. The summed E-state index contributed by atoms with van der Waals surface area (Å²) in [6.07, 6.45) is 6.28. The highest BCUT2D eigenvalue weighted by atomic mass is 19.2. The maximum absolute atomic E-state index is 14.6. The van der Waals surface area contributed by atoms with Crippen LogP contribution >= 0.6 is 0 Å². The molecule has 7 nitrogen and oxygen atoms in total. The van der Waals surface area contributed by atoms with Gasteiger partial charge in [-0.05, 0) is 29.6 Å². The summed E-state index contributed by atoms with van der Waals surface area (Å²) in [6.45, 7) is 3.24. The minimum absolute atomic E-state index is 0.0974. The lowest BCUT2D eigenvalue weighted by molar-refractivity contribution is -0.115. The maximum atomic E-state index is 14.6. The first-order chi connectivity index (χ1) is 14.7. The van der Waals surface area contributed by atoms with Crippen molar-refractivity contribution in [3.05, 3.63) is 82.7 Å². The number of hydrogen-bond donors (Lipinski definition) is 2. The summed E-state index contributed by atoms with van der Waals surface area (Å²) >= 11 is 0. The number of carbonyl (C=O) groups excluding carboxylic acids is 1. The first kappa shape index (κ1) is 18.7. The largest absolute Gasteiger partial charge is 0.329 e. The number of aromatic nitrogens is 3. The van der Waals surface area contributed by atoms with Gasteiger partial charge in [-0.2, -0.15) is 5.10 Å². The third kappa shape index (κ3) is 3.04. The van der Waals surface area contributed by atoms with E-state index in [0.717, 1.165) is 41.9 Å². The zero-order valence-corrected chi connectivity index (χ0v) is 16.7. The molecule has 154 valence electrons. The molecule has 0 radical (unpaired) electrons. The second-order valence-corrected chi connectivity index (χ2v) is 7.77. The third-order valence-corrected chi connectivity index (χ3v) is 5.97. The van der Waals surface area contributed by atoms with E-state index >= 15 is 0 Å². The van der Waals surface area contributed by atoms with E-state index in [2.05, 4.69) is 39.9 Å². The molecular formula is C22H23FN6O. The number of carbonyl (C=O) groups is 1. The van der Waals surface area contributed by atoms with Crippen LogP contribution < -0.4 is 10.7 Å². The second kappa shape index (κ2) is 7.53. The molecule has 5 rings (SSSR count). The monoisotopic (exact) mass is 406 g/mol. The first-order valence-electron chi connectivity index (χ1n) is 10.2. The van der Waals surface area contributed by atoms with Gasteiger partial charge in [0.1, 0.15) is 17.8 Å². The molecule has 0 spiro atoms. The molecule has 1 aliphatic carbocycles. The summed E-state index contributed by atoms with van der Waals surface area (Å²) in [6, 6.07) is 10.3. The van der Waals surface area contributed by atoms with Gasteiger partial charge < -0.3 is 5.32 Å². The fourth-order valence-electron chi connectivity index (χ4n) is 4.73. The number of hydrazine groups is 1. The average molecular weight is 406 g/mol. The van der Waals surface area contributed by atoms with Gasteiger partial charge in [-0.3, -0.25) is 4.79 Å².